The van der Waals surface area contributed by atoms with Crippen LogP contribution in [0, 0.1) is 12.3 Å². The molecule has 0 saturated carbocycles. The minimum Gasteiger partial charge on any atom is -0.304 e. The van der Waals surface area contributed by atoms with Gasteiger partial charge in [0, 0.05) is 42.0 Å². The number of aryl methyl sites for hydroxylation is 1. The molecule has 2 aliphatic rings. The summed E-state index contributed by atoms with van der Waals surface area (Å²) in [5.41, 5.74) is 5.62. The number of carbonyl (C=O) groups is 3. The number of Topliss-reactive ketones (excluding diaryl/α,β-unsaturated/α-hetero) is 1. The van der Waals surface area contributed by atoms with Gasteiger partial charge >= 0.3 is 0 Å². The first kappa shape index (κ1) is 25.4. The molecule has 0 spiro atoms. The third-order valence-electron chi connectivity index (χ3n) is 7.36. The second-order valence-corrected chi connectivity index (χ2v) is 11.0. The quantitative estimate of drug-likeness (QED) is 0.501. The molecular formula is C31H31N3O4. The number of benzene rings is 2. The van der Waals surface area contributed by atoms with Gasteiger partial charge in [-0.25, -0.2) is 5.01 Å². The van der Waals surface area contributed by atoms with E-state index in [1.54, 1.807) is 41.0 Å². The van der Waals surface area contributed by atoms with Crippen LogP contribution in [0.15, 0.2) is 83.3 Å². The Labute approximate surface area is 221 Å². The van der Waals surface area contributed by atoms with E-state index in [0.717, 1.165) is 16.5 Å². The predicted molar refractivity (Wildman–Crippen MR) is 146 cm³/mol. The maximum Gasteiger partial charge on any atom is 0.270 e. The average molecular weight is 510 g/mol. The molecular weight excluding hydrogens is 478 g/mol. The van der Waals surface area contributed by atoms with Gasteiger partial charge < -0.3 is 4.57 Å². The molecule has 0 bridgehead atoms. The Bertz CT molecular complexity index is 1580. The van der Waals surface area contributed by atoms with Crippen LogP contribution in [0.2, 0.25) is 0 Å². The molecule has 0 radical (unpaired) electrons. The average Bonchev–Trinajstić information content (AvgIpc) is 2.87. The van der Waals surface area contributed by atoms with E-state index in [0.29, 0.717) is 41.8 Å². The van der Waals surface area contributed by atoms with E-state index in [-0.39, 0.29) is 23.7 Å². The molecule has 1 N–H and O–H groups in total. The van der Waals surface area contributed by atoms with E-state index < -0.39 is 17.2 Å². The normalized spacial score (nSPS) is 18.9. The lowest BCUT2D eigenvalue weighted by atomic mass is 9.69. The zero-order chi connectivity index (χ0) is 27.2. The van der Waals surface area contributed by atoms with E-state index in [2.05, 4.69) is 12.0 Å². The van der Waals surface area contributed by atoms with Crippen LogP contribution in [0.4, 0.5) is 0 Å². The fourth-order valence-electron chi connectivity index (χ4n) is 5.66. The molecule has 1 aliphatic heterocycles. The van der Waals surface area contributed by atoms with Crippen molar-refractivity contribution in [3.8, 4) is 0 Å². The summed E-state index contributed by atoms with van der Waals surface area (Å²) in [6.45, 7) is 10.0. The molecule has 1 unspecified atom stereocenters. The van der Waals surface area contributed by atoms with Crippen molar-refractivity contribution in [1.82, 2.24) is 15.0 Å². The van der Waals surface area contributed by atoms with Gasteiger partial charge in [0.2, 0.25) is 5.91 Å². The van der Waals surface area contributed by atoms with E-state index in [9.17, 15) is 19.2 Å². The van der Waals surface area contributed by atoms with Crippen LogP contribution < -0.4 is 11.0 Å². The van der Waals surface area contributed by atoms with Crippen LogP contribution in [-0.4, -0.2) is 27.2 Å². The highest BCUT2D eigenvalue weighted by Gasteiger charge is 2.45. The Morgan fingerprint density at radius 2 is 1.82 bits per heavy atom. The molecule has 38 heavy (non-hydrogen) atoms. The molecule has 2 amide bonds. The van der Waals surface area contributed by atoms with Gasteiger partial charge in [0.25, 0.3) is 11.5 Å². The van der Waals surface area contributed by atoms with Crippen LogP contribution >= 0.6 is 0 Å². The van der Waals surface area contributed by atoms with E-state index in [1.165, 1.54) is 5.01 Å². The van der Waals surface area contributed by atoms with Crippen molar-refractivity contribution in [3.63, 3.8) is 0 Å². The van der Waals surface area contributed by atoms with Gasteiger partial charge in [-0.1, -0.05) is 49.8 Å². The lowest BCUT2D eigenvalue weighted by molar-refractivity contribution is -0.134. The number of aromatic nitrogens is 1. The molecule has 5 rings (SSSR count). The second-order valence-electron chi connectivity index (χ2n) is 11.0. The number of fused-ring (bicyclic) bond motifs is 1. The third-order valence-corrected chi connectivity index (χ3v) is 7.36. The number of pyridine rings is 1. The zero-order valence-electron chi connectivity index (χ0n) is 21.9. The van der Waals surface area contributed by atoms with Crippen molar-refractivity contribution in [2.45, 2.75) is 52.5 Å². The van der Waals surface area contributed by atoms with Gasteiger partial charge in [0.15, 0.2) is 5.78 Å². The highest BCUT2D eigenvalue weighted by molar-refractivity contribution is 6.03. The summed E-state index contributed by atoms with van der Waals surface area (Å²) >= 11 is 0. The van der Waals surface area contributed by atoms with Gasteiger partial charge in [-0.2, -0.15) is 0 Å². The minimum atomic E-state index is -0.695. The number of amides is 2. The summed E-state index contributed by atoms with van der Waals surface area (Å²) < 4.78 is 1.64. The number of allylic oxidation sites excluding steroid dienone is 3. The van der Waals surface area contributed by atoms with Gasteiger partial charge in [-0.3, -0.25) is 24.6 Å². The highest BCUT2D eigenvalue weighted by atomic mass is 16.2. The maximum absolute atomic E-state index is 13.8. The molecule has 1 aromatic heterocycles. The highest BCUT2D eigenvalue weighted by Crippen LogP contribution is 2.46. The summed E-state index contributed by atoms with van der Waals surface area (Å²) in [6, 6.07) is 16.3. The topological polar surface area (TPSA) is 88.5 Å². The second kappa shape index (κ2) is 9.56. The number of ketones is 1. The molecule has 1 aliphatic carbocycles. The number of hydrazine groups is 1. The van der Waals surface area contributed by atoms with Gasteiger partial charge in [-0.05, 0) is 54.5 Å². The number of rotatable bonds is 5. The molecule has 7 nitrogen and oxygen atoms in total. The van der Waals surface area contributed by atoms with Crippen LogP contribution in [-0.2, 0) is 16.1 Å². The van der Waals surface area contributed by atoms with Crippen LogP contribution in [0.1, 0.15) is 60.5 Å². The number of hydrogen-bond donors (Lipinski definition) is 1. The first-order valence-electron chi connectivity index (χ1n) is 12.8. The number of hydrogen-bond acceptors (Lipinski definition) is 4. The predicted octanol–water partition coefficient (Wildman–Crippen LogP) is 4.80. The van der Waals surface area contributed by atoms with E-state index in [1.807, 2.05) is 45.0 Å². The summed E-state index contributed by atoms with van der Waals surface area (Å²) in [5, 5.41) is 2.10. The largest absolute Gasteiger partial charge is 0.304 e. The minimum absolute atomic E-state index is 0.0965. The summed E-state index contributed by atoms with van der Waals surface area (Å²) in [4.78, 5) is 54.0. The van der Waals surface area contributed by atoms with E-state index in [4.69, 9.17) is 0 Å². The lowest BCUT2D eigenvalue weighted by Crippen LogP contribution is -2.52. The number of carbonyl (C=O) groups excluding carboxylic acids is 3. The van der Waals surface area contributed by atoms with Crippen molar-refractivity contribution in [1.29, 1.82) is 0 Å². The maximum atomic E-state index is 13.8. The van der Waals surface area contributed by atoms with Crippen molar-refractivity contribution in [2.75, 3.05) is 0 Å². The Morgan fingerprint density at radius 3 is 2.53 bits per heavy atom. The third kappa shape index (κ3) is 4.49. The fraction of sp³-hybridized carbons (Fsp3) is 0.290. The number of nitrogens with zero attached hydrogens (tertiary/aromatic N) is 2. The summed E-state index contributed by atoms with van der Waals surface area (Å²) in [6.07, 6.45) is 2.28. The smallest absolute Gasteiger partial charge is 0.270 e. The zero-order valence-corrected chi connectivity index (χ0v) is 21.9. The van der Waals surface area contributed by atoms with Crippen LogP contribution in [0.5, 0.6) is 0 Å². The lowest BCUT2D eigenvalue weighted by Gasteiger charge is -2.42. The van der Waals surface area contributed by atoms with Gasteiger partial charge in [0.1, 0.15) is 0 Å². The van der Waals surface area contributed by atoms with Crippen molar-refractivity contribution in [2.24, 2.45) is 5.41 Å². The molecule has 194 valence electrons. The Hall–Kier alpha value is -4.26. The Balaban J connectivity index is 1.68. The standard InChI is InChI=1S/C31H31N3O4/c1-5-13-33-24-12-11-19(2)14-21(24)15-23(30(33)38)22-16-27(36)34(32-29(37)20-9-7-6-8-10-20)25-17-31(3,4)18-26(35)28(22)25/h5-12,14-15,22H,1,13,16-18H2,2-4H3,(H,32,37). The monoisotopic (exact) mass is 509 g/mol. The Morgan fingerprint density at radius 1 is 1.08 bits per heavy atom. The van der Waals surface area contributed by atoms with Crippen LogP contribution in [0.25, 0.3) is 10.9 Å². The van der Waals surface area contributed by atoms with Gasteiger partial charge in [-0.15, -0.1) is 6.58 Å². The molecule has 2 aromatic carbocycles. The molecule has 3 aromatic rings. The first-order valence-corrected chi connectivity index (χ1v) is 12.8. The molecule has 7 heteroatoms. The van der Waals surface area contributed by atoms with Crippen molar-refractivity contribution < 1.29 is 14.4 Å². The Kier molecular flexibility index (Phi) is 6.39. The SMILES string of the molecule is C=CCn1c(=O)c(C2CC(=O)N(NC(=O)c3ccccc3)C3=C2C(=O)CC(C)(C)C3)cc2cc(C)ccc21. The van der Waals surface area contributed by atoms with Crippen molar-refractivity contribution >= 4 is 28.5 Å². The van der Waals surface area contributed by atoms with Crippen LogP contribution in [0.3, 0.4) is 0 Å². The molecule has 0 fully saturated rings. The summed E-state index contributed by atoms with van der Waals surface area (Å²) in [7, 11) is 0. The first-order chi connectivity index (χ1) is 18.1. The molecule has 0 saturated heterocycles. The van der Waals surface area contributed by atoms with E-state index >= 15 is 0 Å². The molecule has 1 atom stereocenters. The fourth-order valence-corrected chi connectivity index (χ4v) is 5.66. The van der Waals surface area contributed by atoms with Crippen molar-refractivity contribution in [3.05, 3.63) is 106 Å². The number of nitrogens with one attached hydrogen (secondary N) is 1. The summed E-state index contributed by atoms with van der Waals surface area (Å²) in [5.74, 6) is -1.59. The molecule has 2 heterocycles. The van der Waals surface area contributed by atoms with Gasteiger partial charge in [0.05, 0.1) is 11.2 Å².